The van der Waals surface area contributed by atoms with E-state index in [-0.39, 0.29) is 24.4 Å². The predicted molar refractivity (Wildman–Crippen MR) is 117 cm³/mol. The summed E-state index contributed by atoms with van der Waals surface area (Å²) >= 11 is 0. The second-order valence-electron chi connectivity index (χ2n) is 6.78. The van der Waals surface area contributed by atoms with Crippen LogP contribution < -0.4 is 10.1 Å². The normalized spacial score (nSPS) is 12.8. The molecule has 0 amide bonds. The molecule has 11 heteroatoms. The number of carbonyl (C=O) groups is 1. The molecule has 0 radical (unpaired) electrons. The standard InChI is InChI=1S/C21H27NO5.H3O4P/c1-3-26-20(24)14-27-19-10-4-16(5-11-19)12-13-22-15(2)21(25)17-6-8-18(23)9-7-17;1-5(2,3)4/h4-11,15,21-23,25H,3,12-14H2,1-2H3;(H3,1,2,3,4)/t15-,21-;/m0./s1. The number of phenolic OH excluding ortho intramolecular Hbond substituents is 1. The smallest absolute Gasteiger partial charge is 0.466 e. The lowest BCUT2D eigenvalue weighted by Gasteiger charge is -2.20. The number of phosphoric acid groups is 1. The van der Waals surface area contributed by atoms with Gasteiger partial charge in [0.05, 0.1) is 12.7 Å². The first-order valence-electron chi connectivity index (χ1n) is 9.85. The van der Waals surface area contributed by atoms with Crippen LogP contribution >= 0.6 is 7.82 Å². The first-order valence-corrected chi connectivity index (χ1v) is 11.4. The second kappa shape index (κ2) is 13.8. The van der Waals surface area contributed by atoms with Crippen LogP contribution in [0.5, 0.6) is 11.5 Å². The van der Waals surface area contributed by atoms with Gasteiger partial charge in [0, 0.05) is 6.04 Å². The van der Waals surface area contributed by atoms with Crippen molar-refractivity contribution in [1.82, 2.24) is 5.32 Å². The van der Waals surface area contributed by atoms with Crippen LogP contribution in [0.1, 0.15) is 31.1 Å². The van der Waals surface area contributed by atoms with Gasteiger partial charge >= 0.3 is 13.8 Å². The molecule has 6 N–H and O–H groups in total. The Morgan fingerprint density at radius 3 is 2.16 bits per heavy atom. The highest BCUT2D eigenvalue weighted by Gasteiger charge is 2.15. The van der Waals surface area contributed by atoms with Crippen LogP contribution in [0.4, 0.5) is 0 Å². The molecule has 2 aromatic rings. The molecule has 10 nitrogen and oxygen atoms in total. The summed E-state index contributed by atoms with van der Waals surface area (Å²) in [6.07, 6.45) is 0.148. The van der Waals surface area contributed by atoms with Crippen LogP contribution in [0, 0.1) is 0 Å². The van der Waals surface area contributed by atoms with Crippen molar-refractivity contribution in [3.8, 4) is 11.5 Å². The summed E-state index contributed by atoms with van der Waals surface area (Å²) in [5, 5.41) is 23.0. The van der Waals surface area contributed by atoms with Crippen molar-refractivity contribution >= 4 is 13.8 Å². The van der Waals surface area contributed by atoms with Gasteiger partial charge in [0.1, 0.15) is 11.5 Å². The molecule has 0 aliphatic carbocycles. The number of ether oxygens (including phenoxy) is 2. The van der Waals surface area contributed by atoms with Crippen molar-refractivity contribution in [1.29, 1.82) is 0 Å². The Morgan fingerprint density at radius 1 is 1.06 bits per heavy atom. The highest BCUT2D eigenvalue weighted by Crippen LogP contribution is 2.25. The summed E-state index contributed by atoms with van der Waals surface area (Å²) < 4.78 is 19.1. The van der Waals surface area contributed by atoms with E-state index in [4.69, 9.17) is 28.7 Å². The Balaban J connectivity index is 0.000000920. The van der Waals surface area contributed by atoms with Crippen molar-refractivity contribution in [3.05, 3.63) is 59.7 Å². The molecule has 0 spiro atoms. The van der Waals surface area contributed by atoms with Crippen LogP contribution in [0.25, 0.3) is 0 Å². The molecule has 0 aliphatic rings. The van der Waals surface area contributed by atoms with Gasteiger partial charge in [-0.25, -0.2) is 9.36 Å². The van der Waals surface area contributed by atoms with E-state index in [1.807, 2.05) is 31.2 Å². The Labute approximate surface area is 186 Å². The van der Waals surface area contributed by atoms with Gasteiger partial charge in [0.25, 0.3) is 0 Å². The molecule has 0 fully saturated rings. The number of phenols is 1. The van der Waals surface area contributed by atoms with Gasteiger partial charge in [0.15, 0.2) is 6.61 Å². The molecule has 178 valence electrons. The lowest BCUT2D eigenvalue weighted by Crippen LogP contribution is -2.33. The molecule has 2 atom stereocenters. The largest absolute Gasteiger partial charge is 0.508 e. The zero-order chi connectivity index (χ0) is 24.1. The summed E-state index contributed by atoms with van der Waals surface area (Å²) in [5.41, 5.74) is 1.88. The van der Waals surface area contributed by atoms with E-state index < -0.39 is 13.9 Å². The number of esters is 1. The zero-order valence-corrected chi connectivity index (χ0v) is 18.8. The summed E-state index contributed by atoms with van der Waals surface area (Å²) in [4.78, 5) is 32.8. The lowest BCUT2D eigenvalue weighted by molar-refractivity contribution is -0.145. The van der Waals surface area contributed by atoms with Gasteiger partial charge in [-0.1, -0.05) is 24.3 Å². The second-order valence-corrected chi connectivity index (χ2v) is 7.81. The molecular formula is C21H30NO9P. The summed E-state index contributed by atoms with van der Waals surface area (Å²) in [6.45, 7) is 4.63. The predicted octanol–water partition coefficient (Wildman–Crippen LogP) is 1.66. The Kier molecular flexibility index (Phi) is 11.9. The van der Waals surface area contributed by atoms with Crippen LogP contribution in [0.15, 0.2) is 48.5 Å². The minimum Gasteiger partial charge on any atom is -0.508 e. The van der Waals surface area contributed by atoms with Crippen LogP contribution in [0.3, 0.4) is 0 Å². The molecule has 0 bridgehead atoms. The van der Waals surface area contributed by atoms with Gasteiger partial charge in [0.2, 0.25) is 0 Å². The van der Waals surface area contributed by atoms with Crippen molar-refractivity contribution in [3.63, 3.8) is 0 Å². The Bertz CT molecular complexity index is 844. The number of hydrogen-bond acceptors (Lipinski definition) is 7. The average Bonchev–Trinajstić information content (AvgIpc) is 2.72. The van der Waals surface area contributed by atoms with E-state index in [2.05, 4.69) is 5.32 Å². The van der Waals surface area contributed by atoms with E-state index in [1.54, 1.807) is 31.2 Å². The number of hydrogen-bond donors (Lipinski definition) is 6. The van der Waals surface area contributed by atoms with Gasteiger partial charge in [-0.3, -0.25) is 0 Å². The molecular weight excluding hydrogens is 441 g/mol. The number of aliphatic hydroxyl groups excluding tert-OH is 1. The molecule has 2 aromatic carbocycles. The van der Waals surface area contributed by atoms with Crippen LogP contribution in [-0.2, 0) is 20.5 Å². The average molecular weight is 471 g/mol. The van der Waals surface area contributed by atoms with Crippen LogP contribution in [-0.4, -0.2) is 56.7 Å². The molecule has 0 saturated carbocycles. The molecule has 0 aliphatic heterocycles. The maximum absolute atomic E-state index is 11.3. The van der Waals surface area contributed by atoms with Gasteiger partial charge in [-0.15, -0.1) is 0 Å². The van der Waals surface area contributed by atoms with Crippen molar-refractivity contribution in [2.24, 2.45) is 0 Å². The molecule has 2 rings (SSSR count). The fraction of sp³-hybridized carbons (Fsp3) is 0.381. The van der Waals surface area contributed by atoms with Crippen molar-refractivity contribution < 1.29 is 43.7 Å². The number of benzene rings is 2. The topological polar surface area (TPSA) is 166 Å². The van der Waals surface area contributed by atoms with E-state index in [0.29, 0.717) is 18.9 Å². The van der Waals surface area contributed by atoms with E-state index in [1.165, 1.54) is 0 Å². The van der Waals surface area contributed by atoms with Crippen molar-refractivity contribution in [2.75, 3.05) is 19.8 Å². The first-order chi connectivity index (χ1) is 15.0. The first kappa shape index (κ1) is 27.6. The van der Waals surface area contributed by atoms with Gasteiger partial charge in [-0.05, 0) is 62.2 Å². The molecule has 0 saturated heterocycles. The van der Waals surface area contributed by atoms with E-state index in [0.717, 1.165) is 17.5 Å². The minimum atomic E-state index is -4.64. The Morgan fingerprint density at radius 2 is 1.62 bits per heavy atom. The number of aliphatic hydroxyl groups is 1. The monoisotopic (exact) mass is 471 g/mol. The fourth-order valence-corrected chi connectivity index (χ4v) is 2.61. The fourth-order valence-electron chi connectivity index (χ4n) is 2.61. The number of rotatable bonds is 10. The third kappa shape index (κ3) is 12.4. The molecule has 32 heavy (non-hydrogen) atoms. The SMILES string of the molecule is CCOC(=O)COc1ccc(CCN[C@@H](C)[C@H](O)c2ccc(O)cc2)cc1.O=P(O)(O)O. The highest BCUT2D eigenvalue weighted by atomic mass is 31.2. The number of carbonyl (C=O) groups excluding carboxylic acids is 1. The Hall–Kier alpha value is -2.46. The third-order valence-electron chi connectivity index (χ3n) is 4.17. The molecule has 0 aromatic heterocycles. The quantitative estimate of drug-likeness (QED) is 0.222. The summed E-state index contributed by atoms with van der Waals surface area (Å²) in [7, 11) is -4.64. The zero-order valence-electron chi connectivity index (χ0n) is 17.9. The third-order valence-corrected chi connectivity index (χ3v) is 4.17. The van der Waals surface area contributed by atoms with Crippen LogP contribution in [0.2, 0.25) is 0 Å². The maximum Gasteiger partial charge on any atom is 0.466 e. The summed E-state index contributed by atoms with van der Waals surface area (Å²) in [6, 6.07) is 14.0. The molecule has 0 heterocycles. The highest BCUT2D eigenvalue weighted by molar-refractivity contribution is 7.45. The maximum atomic E-state index is 11.3. The van der Waals surface area contributed by atoms with E-state index >= 15 is 0 Å². The van der Waals surface area contributed by atoms with Gasteiger partial charge in [-0.2, -0.15) is 0 Å². The molecule has 0 unspecified atom stereocenters. The lowest BCUT2D eigenvalue weighted by atomic mass is 10.0. The number of nitrogens with one attached hydrogen (secondary N) is 1. The van der Waals surface area contributed by atoms with Gasteiger partial charge < -0.3 is 39.7 Å². The minimum absolute atomic E-state index is 0.0958. The summed E-state index contributed by atoms with van der Waals surface area (Å²) in [5.74, 6) is 0.420. The van der Waals surface area contributed by atoms with E-state index in [9.17, 15) is 15.0 Å². The number of aromatic hydroxyl groups is 1. The van der Waals surface area contributed by atoms with Crippen molar-refractivity contribution in [2.45, 2.75) is 32.4 Å².